The highest BCUT2D eigenvalue weighted by Crippen LogP contribution is 2.28. The first-order valence-corrected chi connectivity index (χ1v) is 8.05. The Morgan fingerprint density at radius 2 is 2.17 bits per heavy atom. The Bertz CT molecular complexity index is 644. The van der Waals surface area contributed by atoms with E-state index >= 15 is 0 Å². The first-order chi connectivity index (χ1) is 11.2. The predicted octanol–water partition coefficient (Wildman–Crippen LogP) is 2.48. The highest BCUT2D eigenvalue weighted by atomic mass is 16.5. The second kappa shape index (κ2) is 7.10. The van der Waals surface area contributed by atoms with Gasteiger partial charge < -0.3 is 14.4 Å². The predicted molar refractivity (Wildman–Crippen MR) is 86.0 cm³/mol. The average molecular weight is 317 g/mol. The van der Waals surface area contributed by atoms with E-state index < -0.39 is 0 Å². The first kappa shape index (κ1) is 16.0. The van der Waals surface area contributed by atoms with E-state index in [0.717, 1.165) is 30.6 Å². The van der Waals surface area contributed by atoms with E-state index in [0.29, 0.717) is 24.3 Å². The summed E-state index contributed by atoms with van der Waals surface area (Å²) in [5.41, 5.74) is 0.815. The summed E-state index contributed by atoms with van der Waals surface area (Å²) < 4.78 is 10.8. The van der Waals surface area contributed by atoms with Crippen molar-refractivity contribution in [3.05, 3.63) is 30.2 Å². The number of likely N-dealkylation sites (tertiary alicyclic amines) is 1. The van der Waals surface area contributed by atoms with Crippen LogP contribution < -0.4 is 4.74 Å². The number of aromatic nitrogens is 2. The molecule has 23 heavy (non-hydrogen) atoms. The van der Waals surface area contributed by atoms with Crippen molar-refractivity contribution in [2.24, 2.45) is 0 Å². The van der Waals surface area contributed by atoms with E-state index in [4.69, 9.17) is 9.26 Å². The zero-order valence-electron chi connectivity index (χ0n) is 13.6. The number of aliphatic hydroxyl groups excluding tert-OH is 1. The fraction of sp³-hybridized carbons (Fsp3) is 0.529. The number of ether oxygens (including phenoxy) is 1. The fourth-order valence-corrected chi connectivity index (χ4v) is 3.24. The maximum Gasteiger partial charge on any atom is 0.241 e. The third-order valence-corrected chi connectivity index (χ3v) is 4.54. The third-order valence-electron chi connectivity index (χ3n) is 4.54. The summed E-state index contributed by atoms with van der Waals surface area (Å²) >= 11 is 0. The van der Waals surface area contributed by atoms with Crippen LogP contribution in [0.2, 0.25) is 0 Å². The minimum atomic E-state index is 0.165. The maximum absolute atomic E-state index is 9.58. The van der Waals surface area contributed by atoms with E-state index in [1.807, 2.05) is 24.3 Å². The van der Waals surface area contributed by atoms with Gasteiger partial charge in [-0.2, -0.15) is 4.98 Å². The van der Waals surface area contributed by atoms with Gasteiger partial charge in [-0.05, 0) is 31.9 Å². The van der Waals surface area contributed by atoms with Gasteiger partial charge in [-0.15, -0.1) is 0 Å². The van der Waals surface area contributed by atoms with Crippen molar-refractivity contribution in [1.29, 1.82) is 0 Å². The van der Waals surface area contributed by atoms with Crippen molar-refractivity contribution >= 4 is 0 Å². The molecule has 6 nitrogen and oxygen atoms in total. The minimum Gasteiger partial charge on any atom is -0.496 e. The van der Waals surface area contributed by atoms with Gasteiger partial charge in [-0.3, -0.25) is 4.90 Å². The molecule has 1 aliphatic heterocycles. The van der Waals surface area contributed by atoms with Crippen molar-refractivity contribution in [3.8, 4) is 17.1 Å². The molecule has 124 valence electrons. The highest BCUT2D eigenvalue weighted by molar-refractivity contribution is 5.63. The first-order valence-electron chi connectivity index (χ1n) is 8.05. The van der Waals surface area contributed by atoms with Crippen LogP contribution in [0.1, 0.15) is 32.1 Å². The van der Waals surface area contributed by atoms with Gasteiger partial charge >= 0.3 is 0 Å². The lowest BCUT2D eigenvalue weighted by molar-refractivity contribution is 0.0370. The van der Waals surface area contributed by atoms with Gasteiger partial charge in [0.05, 0.1) is 25.8 Å². The molecule has 6 heteroatoms. The van der Waals surface area contributed by atoms with Crippen LogP contribution in [-0.4, -0.2) is 45.9 Å². The molecule has 1 saturated heterocycles. The number of methoxy groups -OCH3 is 1. The molecule has 0 amide bonds. The summed E-state index contributed by atoms with van der Waals surface area (Å²) in [6, 6.07) is 8.18. The molecule has 0 radical (unpaired) electrons. The van der Waals surface area contributed by atoms with Crippen molar-refractivity contribution < 1.29 is 14.4 Å². The topological polar surface area (TPSA) is 71.6 Å². The summed E-state index contributed by atoms with van der Waals surface area (Å²) in [7, 11) is 1.63. The molecular formula is C17H23N3O3. The Morgan fingerprint density at radius 3 is 2.96 bits per heavy atom. The zero-order valence-corrected chi connectivity index (χ0v) is 13.6. The summed E-state index contributed by atoms with van der Waals surface area (Å²) in [4.78, 5) is 6.76. The number of benzene rings is 1. The van der Waals surface area contributed by atoms with Crippen molar-refractivity contribution in [3.63, 3.8) is 0 Å². The van der Waals surface area contributed by atoms with Crippen LogP contribution >= 0.6 is 0 Å². The van der Waals surface area contributed by atoms with E-state index in [1.54, 1.807) is 7.11 Å². The molecule has 2 unspecified atom stereocenters. The zero-order chi connectivity index (χ0) is 16.2. The lowest BCUT2D eigenvalue weighted by Gasteiger charge is -2.38. The average Bonchev–Trinajstić information content (AvgIpc) is 3.05. The van der Waals surface area contributed by atoms with Crippen molar-refractivity contribution in [2.45, 2.75) is 44.8 Å². The largest absolute Gasteiger partial charge is 0.496 e. The fourth-order valence-electron chi connectivity index (χ4n) is 3.24. The summed E-state index contributed by atoms with van der Waals surface area (Å²) in [5.74, 6) is 1.82. The number of rotatable bonds is 5. The van der Waals surface area contributed by atoms with Gasteiger partial charge in [0, 0.05) is 12.1 Å². The summed E-state index contributed by atoms with van der Waals surface area (Å²) in [6.45, 7) is 2.91. The van der Waals surface area contributed by atoms with E-state index in [9.17, 15) is 5.11 Å². The molecular weight excluding hydrogens is 294 g/mol. The Morgan fingerprint density at radius 1 is 1.35 bits per heavy atom. The number of para-hydroxylation sites is 1. The van der Waals surface area contributed by atoms with Crippen LogP contribution in [0.3, 0.4) is 0 Å². The van der Waals surface area contributed by atoms with Crippen LogP contribution in [-0.2, 0) is 6.54 Å². The number of aliphatic hydroxyl groups is 1. The number of piperidine rings is 1. The lowest BCUT2D eigenvalue weighted by Crippen LogP contribution is -2.46. The second-order valence-corrected chi connectivity index (χ2v) is 6.00. The van der Waals surface area contributed by atoms with Crippen LogP contribution in [0.4, 0.5) is 0 Å². The number of nitrogens with zero attached hydrogens (tertiary/aromatic N) is 3. The number of hydrogen-bond acceptors (Lipinski definition) is 6. The normalized spacial score (nSPS) is 22.2. The Labute approximate surface area is 136 Å². The molecule has 1 fully saturated rings. The third kappa shape index (κ3) is 3.38. The minimum absolute atomic E-state index is 0.165. The monoisotopic (exact) mass is 317 g/mol. The van der Waals surface area contributed by atoms with Gasteiger partial charge in [0.25, 0.3) is 0 Å². The molecule has 1 aliphatic rings. The molecule has 0 aliphatic carbocycles. The lowest BCUT2D eigenvalue weighted by atomic mass is 9.97. The molecule has 1 aromatic carbocycles. The smallest absolute Gasteiger partial charge is 0.241 e. The SMILES string of the molecule is COc1ccccc1-c1noc(CN2C(C)CCCC2CO)n1. The van der Waals surface area contributed by atoms with Crippen molar-refractivity contribution in [1.82, 2.24) is 15.0 Å². The van der Waals surface area contributed by atoms with Gasteiger partial charge in [-0.25, -0.2) is 0 Å². The van der Waals surface area contributed by atoms with Crippen LogP contribution in [0, 0.1) is 0 Å². The highest BCUT2D eigenvalue weighted by Gasteiger charge is 2.29. The molecule has 2 atom stereocenters. The molecule has 0 bridgehead atoms. The van der Waals surface area contributed by atoms with Gasteiger partial charge in [-0.1, -0.05) is 23.7 Å². The van der Waals surface area contributed by atoms with Crippen LogP contribution in [0.5, 0.6) is 5.75 Å². The van der Waals surface area contributed by atoms with Gasteiger partial charge in [0.2, 0.25) is 11.7 Å². The summed E-state index contributed by atoms with van der Waals surface area (Å²) in [6.07, 6.45) is 3.29. The molecule has 3 rings (SSSR count). The maximum atomic E-state index is 9.58. The van der Waals surface area contributed by atoms with Gasteiger partial charge in [0.1, 0.15) is 5.75 Å². The summed E-state index contributed by atoms with van der Waals surface area (Å²) in [5, 5.41) is 13.7. The standard InChI is InChI=1S/C17H23N3O3/c1-12-6-5-7-13(11-21)20(12)10-16-18-17(19-23-16)14-8-3-4-9-15(14)22-2/h3-4,8-9,12-13,21H,5-7,10-11H2,1-2H3. The number of hydrogen-bond donors (Lipinski definition) is 1. The molecule has 1 N–H and O–H groups in total. The quantitative estimate of drug-likeness (QED) is 0.913. The van der Waals surface area contributed by atoms with E-state index in [1.165, 1.54) is 0 Å². The van der Waals surface area contributed by atoms with E-state index in [-0.39, 0.29) is 12.6 Å². The molecule has 2 heterocycles. The Hall–Kier alpha value is -1.92. The molecule has 0 spiro atoms. The molecule has 0 saturated carbocycles. The van der Waals surface area contributed by atoms with E-state index in [2.05, 4.69) is 22.0 Å². The van der Waals surface area contributed by atoms with Crippen LogP contribution in [0.25, 0.3) is 11.4 Å². The van der Waals surface area contributed by atoms with Crippen LogP contribution in [0.15, 0.2) is 28.8 Å². The molecule has 1 aromatic heterocycles. The Kier molecular flexibility index (Phi) is 4.93. The van der Waals surface area contributed by atoms with Crippen molar-refractivity contribution in [2.75, 3.05) is 13.7 Å². The molecule has 2 aromatic rings. The second-order valence-electron chi connectivity index (χ2n) is 6.00. The Balaban J connectivity index is 1.79. The van der Waals surface area contributed by atoms with Gasteiger partial charge in [0.15, 0.2) is 0 Å².